The van der Waals surface area contributed by atoms with Crippen LogP contribution in [0.1, 0.15) is 22.3 Å². The topological polar surface area (TPSA) is 44.7 Å². The van der Waals surface area contributed by atoms with Gasteiger partial charge in [0.15, 0.2) is 0 Å². The number of para-hydroxylation sites is 1. The van der Waals surface area contributed by atoms with Crippen LogP contribution in [0.2, 0.25) is 0 Å². The third-order valence-corrected chi connectivity index (χ3v) is 3.55. The molecule has 1 aliphatic rings. The van der Waals surface area contributed by atoms with Crippen molar-refractivity contribution in [3.8, 4) is 0 Å². The lowest BCUT2D eigenvalue weighted by Crippen LogP contribution is -2.29. The van der Waals surface area contributed by atoms with E-state index in [1.807, 2.05) is 24.3 Å². The smallest absolute Gasteiger partial charge is 0.271 e. The lowest BCUT2D eigenvalue weighted by molar-refractivity contribution is 0.0955. The molecule has 1 aliphatic heterocycles. The van der Waals surface area contributed by atoms with Crippen LogP contribution in [0, 0.1) is 0 Å². The van der Waals surface area contributed by atoms with Crippen molar-refractivity contribution in [2.24, 2.45) is 5.10 Å². The second-order valence-corrected chi connectivity index (χ2v) is 4.98. The van der Waals surface area contributed by atoms with Gasteiger partial charge in [-0.05, 0) is 36.6 Å². The van der Waals surface area contributed by atoms with Crippen molar-refractivity contribution < 1.29 is 4.79 Å². The van der Waals surface area contributed by atoms with Gasteiger partial charge in [0.25, 0.3) is 5.91 Å². The third kappa shape index (κ3) is 3.11. The Morgan fingerprint density at radius 1 is 1.10 bits per heavy atom. The van der Waals surface area contributed by atoms with Crippen LogP contribution in [0.15, 0.2) is 59.7 Å². The summed E-state index contributed by atoms with van der Waals surface area (Å²) >= 11 is 0. The van der Waals surface area contributed by atoms with Crippen molar-refractivity contribution in [1.82, 2.24) is 5.43 Å². The van der Waals surface area contributed by atoms with Crippen LogP contribution in [-0.2, 0) is 6.42 Å². The van der Waals surface area contributed by atoms with Crippen LogP contribution in [0.4, 0.5) is 5.69 Å². The molecule has 3 rings (SSSR count). The second-order valence-electron chi connectivity index (χ2n) is 4.98. The maximum atomic E-state index is 11.9. The van der Waals surface area contributed by atoms with Crippen molar-refractivity contribution >= 4 is 17.9 Å². The van der Waals surface area contributed by atoms with Crippen LogP contribution >= 0.6 is 0 Å². The number of rotatable bonds is 3. The maximum absolute atomic E-state index is 11.9. The molecule has 0 radical (unpaired) electrons. The van der Waals surface area contributed by atoms with Crippen molar-refractivity contribution in [3.05, 3.63) is 65.7 Å². The number of amides is 1. The molecule has 0 unspecified atom stereocenters. The summed E-state index contributed by atoms with van der Waals surface area (Å²) < 4.78 is 0. The van der Waals surface area contributed by atoms with E-state index in [1.54, 1.807) is 18.5 Å². The standard InChI is InChI=1S/C17H17N3O/c21-17(15-8-2-1-3-9-15)19-18-13-20-12-6-10-14-7-4-5-11-16(14)20/h1-5,7-9,11,13H,6,10,12H2,(H,19,21). The summed E-state index contributed by atoms with van der Waals surface area (Å²) in [4.78, 5) is 14.0. The molecule has 4 nitrogen and oxygen atoms in total. The summed E-state index contributed by atoms with van der Waals surface area (Å²) in [6.07, 6.45) is 3.88. The zero-order chi connectivity index (χ0) is 14.5. The average molecular weight is 279 g/mol. The number of carbonyl (C=O) groups excluding carboxylic acids is 1. The SMILES string of the molecule is O=C(NN=CN1CCCc2ccccc21)c1ccccc1. The van der Waals surface area contributed by atoms with Crippen molar-refractivity contribution in [1.29, 1.82) is 0 Å². The first-order chi connectivity index (χ1) is 10.3. The minimum absolute atomic E-state index is 0.197. The fraction of sp³-hybridized carbons (Fsp3) is 0.176. The predicted molar refractivity (Wildman–Crippen MR) is 84.5 cm³/mol. The molecule has 21 heavy (non-hydrogen) atoms. The van der Waals surface area contributed by atoms with Crippen molar-refractivity contribution in [2.75, 3.05) is 11.4 Å². The van der Waals surface area contributed by atoms with E-state index in [-0.39, 0.29) is 5.91 Å². The number of fused-ring (bicyclic) bond motifs is 1. The first-order valence-electron chi connectivity index (χ1n) is 7.08. The number of hydrogen-bond donors (Lipinski definition) is 1. The lowest BCUT2D eigenvalue weighted by atomic mass is 10.0. The Morgan fingerprint density at radius 2 is 1.86 bits per heavy atom. The highest BCUT2D eigenvalue weighted by Gasteiger charge is 2.14. The van der Waals surface area contributed by atoms with Crippen LogP contribution in [0.5, 0.6) is 0 Å². The lowest BCUT2D eigenvalue weighted by Gasteiger charge is -2.27. The number of anilines is 1. The fourth-order valence-electron chi connectivity index (χ4n) is 2.49. The van der Waals surface area contributed by atoms with Crippen LogP contribution in [0.3, 0.4) is 0 Å². The molecule has 0 fully saturated rings. The molecule has 0 bridgehead atoms. The minimum atomic E-state index is -0.197. The van der Waals surface area contributed by atoms with Crippen LogP contribution < -0.4 is 10.3 Å². The number of hydrogen-bond acceptors (Lipinski definition) is 2. The molecule has 2 aromatic rings. The molecule has 0 aliphatic carbocycles. The zero-order valence-electron chi connectivity index (χ0n) is 11.7. The van der Waals surface area contributed by atoms with Gasteiger partial charge < -0.3 is 4.90 Å². The molecule has 0 saturated carbocycles. The minimum Gasteiger partial charge on any atom is -0.331 e. The summed E-state index contributed by atoms with van der Waals surface area (Å²) in [5.41, 5.74) is 5.66. The van der Waals surface area contributed by atoms with Gasteiger partial charge in [-0.1, -0.05) is 36.4 Å². The molecule has 1 N–H and O–H groups in total. The van der Waals surface area contributed by atoms with E-state index >= 15 is 0 Å². The predicted octanol–water partition coefficient (Wildman–Crippen LogP) is 2.81. The van der Waals surface area contributed by atoms with Gasteiger partial charge in [0, 0.05) is 17.8 Å². The fourth-order valence-corrected chi connectivity index (χ4v) is 2.49. The molecular weight excluding hydrogens is 262 g/mol. The van der Waals surface area contributed by atoms with Gasteiger partial charge in [-0.3, -0.25) is 4.79 Å². The molecule has 106 valence electrons. The highest BCUT2D eigenvalue weighted by Crippen LogP contribution is 2.25. The van der Waals surface area contributed by atoms with Gasteiger partial charge in [0.1, 0.15) is 6.34 Å². The van der Waals surface area contributed by atoms with Gasteiger partial charge in [-0.2, -0.15) is 5.10 Å². The monoisotopic (exact) mass is 279 g/mol. The van der Waals surface area contributed by atoms with E-state index in [0.717, 1.165) is 19.4 Å². The molecule has 4 heteroatoms. The maximum Gasteiger partial charge on any atom is 0.271 e. The molecule has 2 aromatic carbocycles. The van der Waals surface area contributed by atoms with Crippen molar-refractivity contribution in [2.45, 2.75) is 12.8 Å². The van der Waals surface area contributed by atoms with Gasteiger partial charge in [0.2, 0.25) is 0 Å². The van der Waals surface area contributed by atoms with E-state index in [2.05, 4.69) is 33.6 Å². The summed E-state index contributed by atoms with van der Waals surface area (Å²) in [6, 6.07) is 17.4. The highest BCUT2D eigenvalue weighted by atomic mass is 16.2. The Labute approximate surface area is 124 Å². The van der Waals surface area contributed by atoms with Crippen LogP contribution in [-0.4, -0.2) is 18.8 Å². The van der Waals surface area contributed by atoms with E-state index in [9.17, 15) is 4.79 Å². The largest absolute Gasteiger partial charge is 0.331 e. The van der Waals surface area contributed by atoms with Gasteiger partial charge >= 0.3 is 0 Å². The first-order valence-corrected chi connectivity index (χ1v) is 7.08. The molecular formula is C17H17N3O. The Bertz CT molecular complexity index is 652. The third-order valence-electron chi connectivity index (χ3n) is 3.55. The summed E-state index contributed by atoms with van der Waals surface area (Å²) in [7, 11) is 0. The molecule has 0 spiro atoms. The molecule has 1 heterocycles. The second kappa shape index (κ2) is 6.22. The molecule has 1 amide bonds. The van der Waals surface area contributed by atoms with Gasteiger partial charge in [-0.15, -0.1) is 0 Å². The first kappa shape index (κ1) is 13.4. The van der Waals surface area contributed by atoms with Crippen molar-refractivity contribution in [3.63, 3.8) is 0 Å². The summed E-state index contributed by atoms with van der Waals surface area (Å²) in [5.74, 6) is -0.197. The highest BCUT2D eigenvalue weighted by molar-refractivity contribution is 5.94. The number of nitrogens with zero attached hydrogens (tertiary/aromatic N) is 2. The molecule has 0 atom stereocenters. The number of nitrogens with one attached hydrogen (secondary N) is 1. The number of aryl methyl sites for hydroxylation is 1. The Balaban J connectivity index is 1.66. The zero-order valence-corrected chi connectivity index (χ0v) is 11.7. The average Bonchev–Trinajstić information content (AvgIpc) is 2.56. The summed E-state index contributed by atoms with van der Waals surface area (Å²) in [6.45, 7) is 0.918. The van der Waals surface area contributed by atoms with Gasteiger partial charge in [0.05, 0.1) is 0 Å². The van der Waals surface area contributed by atoms with Gasteiger partial charge in [-0.25, -0.2) is 5.43 Å². The van der Waals surface area contributed by atoms with E-state index in [0.29, 0.717) is 5.56 Å². The molecule has 0 saturated heterocycles. The van der Waals surface area contributed by atoms with E-state index in [1.165, 1.54) is 11.3 Å². The van der Waals surface area contributed by atoms with Crippen LogP contribution in [0.25, 0.3) is 0 Å². The number of carbonyl (C=O) groups is 1. The summed E-state index contributed by atoms with van der Waals surface area (Å²) in [5, 5.41) is 4.07. The Hall–Kier alpha value is -2.62. The number of benzene rings is 2. The number of hydrazone groups is 1. The quantitative estimate of drug-likeness (QED) is 0.533. The Kier molecular flexibility index (Phi) is 3.96. The van der Waals surface area contributed by atoms with E-state index < -0.39 is 0 Å². The van der Waals surface area contributed by atoms with E-state index in [4.69, 9.17) is 0 Å². The Morgan fingerprint density at radius 3 is 2.71 bits per heavy atom. The molecule has 0 aromatic heterocycles. The normalized spacial score (nSPS) is 14.0.